The highest BCUT2D eigenvalue weighted by molar-refractivity contribution is 5.48. The second kappa shape index (κ2) is 3.62. The first-order valence-electron chi connectivity index (χ1n) is 4.80. The van der Waals surface area contributed by atoms with Crippen LogP contribution in [0.2, 0.25) is 0 Å². The summed E-state index contributed by atoms with van der Waals surface area (Å²) in [5.74, 6) is 1.38. The summed E-state index contributed by atoms with van der Waals surface area (Å²) in [5, 5.41) is 0. The van der Waals surface area contributed by atoms with Gasteiger partial charge in [0.1, 0.15) is 18.3 Å². The van der Waals surface area contributed by atoms with E-state index >= 15 is 0 Å². The summed E-state index contributed by atoms with van der Waals surface area (Å²) in [6, 6.07) is 9.46. The van der Waals surface area contributed by atoms with Gasteiger partial charge in [0, 0.05) is 0 Å². The van der Waals surface area contributed by atoms with Crippen molar-refractivity contribution in [2.24, 2.45) is 0 Å². The van der Waals surface area contributed by atoms with Crippen LogP contribution in [0.4, 0.5) is 0 Å². The van der Waals surface area contributed by atoms with Gasteiger partial charge < -0.3 is 4.84 Å². The van der Waals surface area contributed by atoms with E-state index in [0.29, 0.717) is 11.5 Å². The fourth-order valence-electron chi connectivity index (χ4n) is 1.41. The van der Waals surface area contributed by atoms with E-state index < -0.39 is 0 Å². The molecule has 16 heavy (non-hydrogen) atoms. The molecule has 2 aliphatic heterocycles. The van der Waals surface area contributed by atoms with E-state index in [2.05, 4.69) is 15.0 Å². The lowest BCUT2D eigenvalue weighted by Crippen LogP contribution is -2.10. The minimum atomic E-state index is 0.652. The predicted molar refractivity (Wildman–Crippen MR) is 56.9 cm³/mol. The maximum Gasteiger partial charge on any atom is 0.199 e. The lowest BCUT2D eigenvalue weighted by atomic mass is 10.3. The maximum atomic E-state index is 5.60. The molecule has 3 rings (SSSR count). The van der Waals surface area contributed by atoms with Crippen LogP contribution in [0.25, 0.3) is 11.5 Å². The monoisotopic (exact) mass is 212 g/mol. The Morgan fingerprint density at radius 3 is 2.81 bits per heavy atom. The van der Waals surface area contributed by atoms with Gasteiger partial charge in [0.05, 0.1) is 6.20 Å². The van der Waals surface area contributed by atoms with Gasteiger partial charge in [-0.1, -0.05) is 18.2 Å². The van der Waals surface area contributed by atoms with Gasteiger partial charge in [0.25, 0.3) is 0 Å². The topological polar surface area (TPSA) is 52.8 Å². The van der Waals surface area contributed by atoms with Gasteiger partial charge in [0.15, 0.2) is 11.6 Å². The molecule has 5 heteroatoms. The summed E-state index contributed by atoms with van der Waals surface area (Å²) < 4.78 is 1.50. The normalized spacial score (nSPS) is 10.5. The summed E-state index contributed by atoms with van der Waals surface area (Å²) in [6.07, 6.45) is 4.69. The van der Waals surface area contributed by atoms with Crippen molar-refractivity contribution in [3.8, 4) is 17.3 Å². The molecule has 0 spiro atoms. The molecule has 1 aromatic rings. The summed E-state index contributed by atoms with van der Waals surface area (Å²) in [6.45, 7) is 0. The summed E-state index contributed by atoms with van der Waals surface area (Å²) in [4.78, 5) is 17.8. The van der Waals surface area contributed by atoms with Crippen LogP contribution in [-0.4, -0.2) is 19.7 Å². The largest absolute Gasteiger partial charge is 0.372 e. The van der Waals surface area contributed by atoms with Crippen LogP contribution >= 0.6 is 0 Å². The van der Waals surface area contributed by atoms with E-state index in [4.69, 9.17) is 4.84 Å². The molecule has 2 aliphatic rings. The summed E-state index contributed by atoms with van der Waals surface area (Å²) in [5.41, 5.74) is 0.707. The minimum Gasteiger partial charge on any atom is -0.372 e. The highest BCUT2D eigenvalue weighted by Crippen LogP contribution is 2.16. The first kappa shape index (κ1) is 8.84. The predicted octanol–water partition coefficient (Wildman–Crippen LogP) is 1.62. The first-order valence-corrected chi connectivity index (χ1v) is 4.80. The molecule has 2 heterocycles. The molecule has 78 valence electrons. The van der Waals surface area contributed by atoms with Crippen LogP contribution in [0.3, 0.4) is 0 Å². The third kappa shape index (κ3) is 1.48. The number of hydrogen-bond donors (Lipinski definition) is 0. The highest BCUT2D eigenvalue weighted by atomic mass is 16.7. The van der Waals surface area contributed by atoms with Crippen LogP contribution in [0.5, 0.6) is 5.75 Å². The number of imidazole rings is 1. The zero-order chi connectivity index (χ0) is 10.8. The van der Waals surface area contributed by atoms with Gasteiger partial charge in [-0.2, -0.15) is 0 Å². The molecule has 0 bridgehead atoms. The lowest BCUT2D eigenvalue weighted by molar-refractivity contribution is 0.212. The maximum absolute atomic E-state index is 5.60. The Balaban J connectivity index is 1.99. The zero-order valence-electron chi connectivity index (χ0n) is 8.32. The molecule has 0 N–H and O–H groups in total. The number of benzene rings is 1. The van der Waals surface area contributed by atoms with Crippen molar-refractivity contribution in [2.45, 2.75) is 0 Å². The van der Waals surface area contributed by atoms with E-state index in [1.54, 1.807) is 12.5 Å². The van der Waals surface area contributed by atoms with Gasteiger partial charge in [-0.05, 0) is 12.1 Å². The van der Waals surface area contributed by atoms with E-state index in [-0.39, 0.29) is 0 Å². The average Bonchev–Trinajstić information content (AvgIpc) is 2.80. The van der Waals surface area contributed by atoms with Crippen molar-refractivity contribution in [3.05, 3.63) is 49.2 Å². The van der Waals surface area contributed by atoms with Crippen LogP contribution in [0, 0.1) is 0 Å². The molecule has 0 amide bonds. The third-order valence-corrected chi connectivity index (χ3v) is 2.13. The molecule has 0 atom stereocenters. The average molecular weight is 212 g/mol. The SMILES string of the molecule is c1ccc(On2cncc3ncnc2-3)cc1. The van der Waals surface area contributed by atoms with E-state index in [1.807, 2.05) is 30.3 Å². The highest BCUT2D eigenvalue weighted by Gasteiger charge is 2.10. The second-order valence-corrected chi connectivity index (χ2v) is 3.21. The van der Waals surface area contributed by atoms with E-state index in [1.165, 1.54) is 11.1 Å². The number of aromatic nitrogens is 4. The summed E-state index contributed by atoms with van der Waals surface area (Å²) in [7, 11) is 0. The standard InChI is InChI=1S/C11H8N4O/c1-2-4-9(5-3-1)16-15-8-12-6-10-11(15)14-7-13-10/h1-8H. The Morgan fingerprint density at radius 2 is 1.94 bits per heavy atom. The Hall–Kier alpha value is -2.43. The second-order valence-electron chi connectivity index (χ2n) is 3.21. The van der Waals surface area contributed by atoms with Gasteiger partial charge >= 0.3 is 0 Å². The van der Waals surface area contributed by atoms with Crippen LogP contribution in [0.1, 0.15) is 0 Å². The quantitative estimate of drug-likeness (QED) is 0.647. The number of nitrogens with zero attached hydrogens (tertiary/aromatic N) is 4. The first-order chi connectivity index (χ1) is 7.93. The van der Waals surface area contributed by atoms with E-state index in [9.17, 15) is 0 Å². The molecule has 5 nitrogen and oxygen atoms in total. The van der Waals surface area contributed by atoms with Crippen LogP contribution in [0.15, 0.2) is 49.2 Å². The fraction of sp³-hybridized carbons (Fsp3) is 0. The van der Waals surface area contributed by atoms with Crippen LogP contribution < -0.4 is 4.84 Å². The number of para-hydroxylation sites is 1. The molecule has 0 fully saturated rings. The third-order valence-electron chi connectivity index (χ3n) is 2.13. The fourth-order valence-corrected chi connectivity index (χ4v) is 1.41. The van der Waals surface area contributed by atoms with Gasteiger partial charge in [-0.25, -0.2) is 15.0 Å². The molecule has 0 aliphatic carbocycles. The van der Waals surface area contributed by atoms with E-state index in [0.717, 1.165) is 5.75 Å². The lowest BCUT2D eigenvalue weighted by Gasteiger charge is -2.10. The molecule has 0 saturated heterocycles. The molecule has 0 saturated carbocycles. The van der Waals surface area contributed by atoms with Gasteiger partial charge in [-0.3, -0.25) is 0 Å². The Kier molecular flexibility index (Phi) is 2.00. The van der Waals surface area contributed by atoms with Gasteiger partial charge in [0.2, 0.25) is 0 Å². The molecule has 0 unspecified atom stereocenters. The smallest absolute Gasteiger partial charge is 0.199 e. The molecule has 1 aromatic carbocycles. The van der Waals surface area contributed by atoms with Crippen molar-refractivity contribution in [1.82, 2.24) is 19.7 Å². The molecular weight excluding hydrogens is 204 g/mol. The minimum absolute atomic E-state index is 0.652. The van der Waals surface area contributed by atoms with Crippen molar-refractivity contribution in [1.29, 1.82) is 0 Å². The van der Waals surface area contributed by atoms with Gasteiger partial charge in [-0.15, -0.1) is 4.73 Å². The Morgan fingerprint density at radius 1 is 1.06 bits per heavy atom. The van der Waals surface area contributed by atoms with Crippen molar-refractivity contribution in [3.63, 3.8) is 0 Å². The zero-order valence-corrected chi connectivity index (χ0v) is 8.32. The van der Waals surface area contributed by atoms with Crippen LogP contribution in [-0.2, 0) is 0 Å². The summed E-state index contributed by atoms with van der Waals surface area (Å²) >= 11 is 0. The Labute approximate surface area is 91.7 Å². The molecular formula is C11H8N4O. The number of hydrogen-bond acceptors (Lipinski definition) is 4. The number of rotatable bonds is 2. The van der Waals surface area contributed by atoms with Crippen molar-refractivity contribution < 1.29 is 4.84 Å². The Bertz CT molecular complexity index is 563. The van der Waals surface area contributed by atoms with Crippen molar-refractivity contribution >= 4 is 0 Å². The van der Waals surface area contributed by atoms with Crippen molar-refractivity contribution in [2.75, 3.05) is 0 Å². The molecule has 0 aromatic heterocycles. The molecule has 0 radical (unpaired) electrons. The number of fused-ring (bicyclic) bond motifs is 1.